The second-order valence-corrected chi connectivity index (χ2v) is 8.72. The fourth-order valence-corrected chi connectivity index (χ4v) is 6.21. The van der Waals surface area contributed by atoms with E-state index in [1.54, 1.807) is 0 Å². The zero-order valence-electron chi connectivity index (χ0n) is 13.5. The average Bonchev–Trinajstić information content (AvgIpc) is 3.43. The molecule has 0 radical (unpaired) electrons. The SMILES string of the molecule is OC1CCC(C(C2CCC3OC3C2)C2CCC3OC3C2)CC1. The van der Waals surface area contributed by atoms with E-state index in [9.17, 15) is 5.11 Å². The molecule has 0 amide bonds. The maximum absolute atomic E-state index is 9.89. The minimum atomic E-state index is -0.0260. The van der Waals surface area contributed by atoms with Gasteiger partial charge in [0.15, 0.2) is 0 Å². The Balaban J connectivity index is 1.32. The lowest BCUT2D eigenvalue weighted by molar-refractivity contribution is 0.0364. The molecule has 5 fully saturated rings. The highest BCUT2D eigenvalue weighted by atomic mass is 16.6. The molecule has 5 rings (SSSR count). The van der Waals surface area contributed by atoms with Gasteiger partial charge in [-0.1, -0.05) is 0 Å². The van der Waals surface area contributed by atoms with Crippen molar-refractivity contribution in [2.45, 2.75) is 94.7 Å². The molecule has 3 nitrogen and oxygen atoms in total. The smallest absolute Gasteiger partial charge is 0.0844 e. The van der Waals surface area contributed by atoms with Crippen molar-refractivity contribution in [2.24, 2.45) is 23.7 Å². The second-order valence-electron chi connectivity index (χ2n) is 8.72. The van der Waals surface area contributed by atoms with Crippen molar-refractivity contribution >= 4 is 0 Å². The van der Waals surface area contributed by atoms with Crippen LogP contribution in [0.5, 0.6) is 0 Å². The highest BCUT2D eigenvalue weighted by Gasteiger charge is 2.51. The number of hydrogen-bond donors (Lipinski definition) is 1. The van der Waals surface area contributed by atoms with Gasteiger partial charge in [0.1, 0.15) is 0 Å². The van der Waals surface area contributed by atoms with Gasteiger partial charge in [-0.15, -0.1) is 0 Å². The number of hydrogen-bond acceptors (Lipinski definition) is 3. The Labute approximate surface area is 133 Å². The lowest BCUT2D eigenvalue weighted by atomic mass is 9.62. The molecule has 5 aliphatic rings. The Morgan fingerprint density at radius 1 is 0.591 bits per heavy atom. The van der Waals surface area contributed by atoms with Crippen molar-refractivity contribution < 1.29 is 14.6 Å². The van der Waals surface area contributed by atoms with Crippen LogP contribution in [0.4, 0.5) is 0 Å². The van der Waals surface area contributed by atoms with E-state index in [-0.39, 0.29) is 6.10 Å². The minimum absolute atomic E-state index is 0.0260. The Morgan fingerprint density at radius 2 is 1.09 bits per heavy atom. The van der Waals surface area contributed by atoms with Crippen molar-refractivity contribution in [1.82, 2.24) is 0 Å². The van der Waals surface area contributed by atoms with Gasteiger partial charge in [-0.25, -0.2) is 0 Å². The number of epoxide rings is 2. The Kier molecular flexibility index (Phi) is 3.53. The molecule has 0 aromatic rings. The van der Waals surface area contributed by atoms with Crippen molar-refractivity contribution in [2.75, 3.05) is 0 Å². The first-order valence-electron chi connectivity index (χ1n) is 9.77. The van der Waals surface area contributed by atoms with Gasteiger partial charge < -0.3 is 14.6 Å². The predicted octanol–water partition coefficient (Wildman–Crippen LogP) is 3.29. The van der Waals surface area contributed by atoms with Crippen LogP contribution in [0.15, 0.2) is 0 Å². The van der Waals surface area contributed by atoms with Crippen LogP contribution < -0.4 is 0 Å². The first-order chi connectivity index (χ1) is 10.8. The van der Waals surface area contributed by atoms with E-state index in [0.717, 1.165) is 36.5 Å². The molecule has 0 aromatic carbocycles. The summed E-state index contributed by atoms with van der Waals surface area (Å²) in [6.07, 6.45) is 15.0. The standard InChI is InChI=1S/C19H30O3/c20-14-5-1-11(2-6-14)19(12-3-7-15-17(9-12)21-15)13-4-8-16-18(10-13)22-16/h11-20H,1-10H2. The normalized spacial score (nSPS) is 55.0. The number of aliphatic hydroxyl groups excluding tert-OH is 1. The molecule has 2 saturated heterocycles. The maximum Gasteiger partial charge on any atom is 0.0844 e. The lowest BCUT2D eigenvalue weighted by Crippen LogP contribution is -2.38. The Hall–Kier alpha value is -0.120. The Morgan fingerprint density at radius 3 is 1.59 bits per heavy atom. The van der Waals surface area contributed by atoms with Gasteiger partial charge in [0.2, 0.25) is 0 Å². The van der Waals surface area contributed by atoms with E-state index in [2.05, 4.69) is 0 Å². The van der Waals surface area contributed by atoms with E-state index in [1.807, 2.05) is 0 Å². The molecular formula is C19H30O3. The van der Waals surface area contributed by atoms with Crippen LogP contribution in [-0.4, -0.2) is 35.6 Å². The van der Waals surface area contributed by atoms with Crippen LogP contribution in [0.1, 0.15) is 64.2 Å². The van der Waals surface area contributed by atoms with Gasteiger partial charge >= 0.3 is 0 Å². The molecule has 2 aliphatic heterocycles. The molecule has 6 unspecified atom stereocenters. The summed E-state index contributed by atoms with van der Waals surface area (Å²) in [4.78, 5) is 0. The van der Waals surface area contributed by atoms with Gasteiger partial charge in [-0.05, 0) is 87.9 Å². The topological polar surface area (TPSA) is 45.3 Å². The van der Waals surface area contributed by atoms with Gasteiger partial charge in [0, 0.05) is 0 Å². The third kappa shape index (κ3) is 2.63. The van der Waals surface area contributed by atoms with Crippen molar-refractivity contribution in [3.8, 4) is 0 Å². The largest absolute Gasteiger partial charge is 0.393 e. The van der Waals surface area contributed by atoms with E-state index in [4.69, 9.17) is 9.47 Å². The van der Waals surface area contributed by atoms with Gasteiger partial charge in [-0.2, -0.15) is 0 Å². The highest BCUT2D eigenvalue weighted by Crippen LogP contribution is 2.53. The molecule has 3 aliphatic carbocycles. The number of ether oxygens (including phenoxy) is 2. The summed E-state index contributed by atoms with van der Waals surface area (Å²) < 4.78 is 11.6. The highest BCUT2D eigenvalue weighted by molar-refractivity contribution is 5.00. The Bertz CT molecular complexity index is 389. The summed E-state index contributed by atoms with van der Waals surface area (Å²) in [6.45, 7) is 0. The van der Waals surface area contributed by atoms with Gasteiger partial charge in [0.05, 0.1) is 30.5 Å². The fraction of sp³-hybridized carbons (Fsp3) is 1.00. The lowest BCUT2D eigenvalue weighted by Gasteiger charge is -2.43. The third-order valence-corrected chi connectivity index (χ3v) is 7.46. The quantitative estimate of drug-likeness (QED) is 0.814. The molecule has 124 valence electrons. The van der Waals surface area contributed by atoms with Crippen LogP contribution >= 0.6 is 0 Å². The summed E-state index contributed by atoms with van der Waals surface area (Å²) in [6, 6.07) is 0. The molecule has 0 spiro atoms. The number of fused-ring (bicyclic) bond motifs is 2. The van der Waals surface area contributed by atoms with Crippen LogP contribution in [0, 0.1) is 23.7 Å². The van der Waals surface area contributed by atoms with Crippen molar-refractivity contribution in [3.05, 3.63) is 0 Å². The van der Waals surface area contributed by atoms with Gasteiger partial charge in [0.25, 0.3) is 0 Å². The molecule has 22 heavy (non-hydrogen) atoms. The van der Waals surface area contributed by atoms with Crippen LogP contribution in [-0.2, 0) is 9.47 Å². The van der Waals surface area contributed by atoms with E-state index in [1.165, 1.54) is 51.4 Å². The van der Waals surface area contributed by atoms with Crippen molar-refractivity contribution in [1.29, 1.82) is 0 Å². The van der Waals surface area contributed by atoms with Gasteiger partial charge in [-0.3, -0.25) is 0 Å². The van der Waals surface area contributed by atoms with E-state index < -0.39 is 0 Å². The summed E-state index contributed by atoms with van der Waals surface area (Å²) in [5, 5.41) is 9.89. The maximum atomic E-state index is 9.89. The summed E-state index contributed by atoms with van der Waals surface area (Å²) >= 11 is 0. The molecule has 3 heteroatoms. The molecule has 3 saturated carbocycles. The van der Waals surface area contributed by atoms with E-state index in [0.29, 0.717) is 24.4 Å². The zero-order valence-corrected chi connectivity index (χ0v) is 13.5. The van der Waals surface area contributed by atoms with Crippen LogP contribution in [0.3, 0.4) is 0 Å². The first-order valence-corrected chi connectivity index (χ1v) is 9.77. The van der Waals surface area contributed by atoms with Crippen molar-refractivity contribution in [3.63, 3.8) is 0 Å². The summed E-state index contributed by atoms with van der Waals surface area (Å²) in [7, 11) is 0. The number of rotatable bonds is 3. The van der Waals surface area contributed by atoms with Crippen LogP contribution in [0.25, 0.3) is 0 Å². The molecular weight excluding hydrogens is 276 g/mol. The predicted molar refractivity (Wildman–Crippen MR) is 83.5 cm³/mol. The summed E-state index contributed by atoms with van der Waals surface area (Å²) in [5.74, 6) is 3.49. The zero-order chi connectivity index (χ0) is 14.7. The molecule has 6 atom stereocenters. The second kappa shape index (κ2) is 5.46. The number of aliphatic hydroxyl groups is 1. The minimum Gasteiger partial charge on any atom is -0.393 e. The molecule has 1 N–H and O–H groups in total. The molecule has 2 heterocycles. The van der Waals surface area contributed by atoms with Crippen LogP contribution in [0.2, 0.25) is 0 Å². The first kappa shape index (κ1) is 14.2. The monoisotopic (exact) mass is 306 g/mol. The molecule has 0 bridgehead atoms. The van der Waals surface area contributed by atoms with E-state index >= 15 is 0 Å². The fourth-order valence-electron chi connectivity index (χ4n) is 6.21. The average molecular weight is 306 g/mol. The molecule has 0 aromatic heterocycles. The summed E-state index contributed by atoms with van der Waals surface area (Å²) in [5.41, 5.74) is 0. The third-order valence-electron chi connectivity index (χ3n) is 7.46.